The standard InChI is InChI=1S/C32H58O4/c1-3-5-7-9-11-13-15-21-25-29-32(35)36-30(26-22-18-14-12-10-8-6-4-2)27-23-19-16-17-20-24-28-31(33)34/h12,14,22,26,30H,3-11,13,15-21,23-25,27-29H2,1-2H3,(H,33,34)/b14-12-,26-22-. The van der Waals surface area contributed by atoms with Crippen LogP contribution >= 0.6 is 0 Å². The van der Waals surface area contributed by atoms with Crippen molar-refractivity contribution in [3.8, 4) is 0 Å². The summed E-state index contributed by atoms with van der Waals surface area (Å²) in [5.74, 6) is -0.763. The Morgan fingerprint density at radius 2 is 1.17 bits per heavy atom. The Balaban J connectivity index is 4.20. The van der Waals surface area contributed by atoms with Crippen molar-refractivity contribution >= 4 is 11.9 Å². The van der Waals surface area contributed by atoms with Gasteiger partial charge in [0.1, 0.15) is 6.10 Å². The van der Waals surface area contributed by atoms with Gasteiger partial charge >= 0.3 is 11.9 Å². The number of carbonyl (C=O) groups is 2. The average molecular weight is 507 g/mol. The molecule has 0 bridgehead atoms. The third-order valence-corrected chi connectivity index (χ3v) is 6.66. The molecule has 1 unspecified atom stereocenters. The minimum absolute atomic E-state index is 0.0589. The van der Waals surface area contributed by atoms with Crippen LogP contribution in [0.25, 0.3) is 0 Å². The van der Waals surface area contributed by atoms with Gasteiger partial charge in [-0.1, -0.05) is 122 Å². The van der Waals surface area contributed by atoms with Gasteiger partial charge in [0.2, 0.25) is 0 Å². The maximum Gasteiger partial charge on any atom is 0.306 e. The minimum Gasteiger partial charge on any atom is -0.481 e. The van der Waals surface area contributed by atoms with Crippen LogP contribution in [-0.4, -0.2) is 23.1 Å². The molecule has 0 aliphatic heterocycles. The summed E-state index contributed by atoms with van der Waals surface area (Å²) in [6.45, 7) is 4.47. The molecule has 1 atom stereocenters. The molecule has 0 saturated heterocycles. The number of carbonyl (C=O) groups excluding carboxylic acids is 1. The SMILES string of the molecule is CCCCC/C=C\C/C=C\C(CCCCCCCCC(=O)O)OC(=O)CCCCCCCCCCC. The van der Waals surface area contributed by atoms with E-state index in [4.69, 9.17) is 9.84 Å². The first-order chi connectivity index (χ1) is 17.6. The lowest BCUT2D eigenvalue weighted by molar-refractivity contribution is -0.147. The molecule has 0 amide bonds. The van der Waals surface area contributed by atoms with Crippen molar-refractivity contribution in [2.45, 2.75) is 168 Å². The topological polar surface area (TPSA) is 63.6 Å². The molecule has 1 N–H and O–H groups in total. The molecular formula is C32H58O4. The fourth-order valence-electron chi connectivity index (χ4n) is 4.37. The number of aliphatic carboxylic acids is 1. The molecule has 0 aromatic heterocycles. The van der Waals surface area contributed by atoms with Gasteiger partial charge in [-0.15, -0.1) is 0 Å². The van der Waals surface area contributed by atoms with E-state index in [9.17, 15) is 9.59 Å². The predicted octanol–water partition coefficient (Wildman–Crippen LogP) is 10.1. The number of unbranched alkanes of at least 4 members (excludes halogenated alkanes) is 16. The Morgan fingerprint density at radius 3 is 1.78 bits per heavy atom. The second-order valence-electron chi connectivity index (χ2n) is 10.3. The molecule has 0 aliphatic carbocycles. The summed E-state index contributed by atoms with van der Waals surface area (Å²) in [7, 11) is 0. The maximum atomic E-state index is 12.4. The molecule has 0 saturated carbocycles. The van der Waals surface area contributed by atoms with Crippen molar-refractivity contribution in [3.63, 3.8) is 0 Å². The zero-order valence-corrected chi connectivity index (χ0v) is 23.8. The van der Waals surface area contributed by atoms with E-state index < -0.39 is 5.97 Å². The van der Waals surface area contributed by atoms with Crippen molar-refractivity contribution in [3.05, 3.63) is 24.3 Å². The van der Waals surface area contributed by atoms with Crippen LogP contribution in [-0.2, 0) is 14.3 Å². The van der Waals surface area contributed by atoms with E-state index in [1.165, 1.54) is 64.2 Å². The number of esters is 1. The Morgan fingerprint density at radius 1 is 0.639 bits per heavy atom. The number of rotatable bonds is 27. The quantitative estimate of drug-likeness (QED) is 0.0683. The molecule has 4 heteroatoms. The Bertz CT molecular complexity index is 552. The lowest BCUT2D eigenvalue weighted by atomic mass is 10.1. The van der Waals surface area contributed by atoms with Crippen LogP contribution in [0, 0.1) is 0 Å². The maximum absolute atomic E-state index is 12.4. The molecule has 210 valence electrons. The summed E-state index contributed by atoms with van der Waals surface area (Å²) < 4.78 is 5.84. The number of carboxylic acid groups (broad SMARTS) is 1. The first-order valence-electron chi connectivity index (χ1n) is 15.3. The van der Waals surface area contributed by atoms with E-state index in [1.807, 2.05) is 0 Å². The normalized spacial score (nSPS) is 12.5. The lowest BCUT2D eigenvalue weighted by Gasteiger charge is -2.14. The van der Waals surface area contributed by atoms with Gasteiger partial charge in [0, 0.05) is 12.8 Å². The molecule has 0 aliphatic rings. The van der Waals surface area contributed by atoms with Crippen molar-refractivity contribution in [2.75, 3.05) is 0 Å². The van der Waals surface area contributed by atoms with Gasteiger partial charge in [0.25, 0.3) is 0 Å². The van der Waals surface area contributed by atoms with Crippen molar-refractivity contribution in [1.29, 1.82) is 0 Å². The minimum atomic E-state index is -0.704. The van der Waals surface area contributed by atoms with Gasteiger partial charge < -0.3 is 9.84 Å². The summed E-state index contributed by atoms with van der Waals surface area (Å²) in [5.41, 5.74) is 0. The number of allylic oxidation sites excluding steroid dienone is 3. The third kappa shape index (κ3) is 27.0. The van der Waals surface area contributed by atoms with Crippen LogP contribution in [0.3, 0.4) is 0 Å². The zero-order valence-electron chi connectivity index (χ0n) is 23.8. The van der Waals surface area contributed by atoms with Crippen molar-refractivity contribution < 1.29 is 19.4 Å². The fourth-order valence-corrected chi connectivity index (χ4v) is 4.37. The summed E-state index contributed by atoms with van der Waals surface area (Å²) in [6, 6.07) is 0. The van der Waals surface area contributed by atoms with E-state index in [0.717, 1.165) is 70.6 Å². The van der Waals surface area contributed by atoms with Crippen LogP contribution in [0.5, 0.6) is 0 Å². The molecule has 0 spiro atoms. The number of hydrogen-bond acceptors (Lipinski definition) is 3. The smallest absolute Gasteiger partial charge is 0.306 e. The first-order valence-corrected chi connectivity index (χ1v) is 15.3. The highest BCUT2D eigenvalue weighted by Crippen LogP contribution is 2.15. The lowest BCUT2D eigenvalue weighted by Crippen LogP contribution is -2.16. The van der Waals surface area contributed by atoms with E-state index >= 15 is 0 Å². The monoisotopic (exact) mass is 506 g/mol. The molecule has 0 aromatic carbocycles. The molecule has 0 heterocycles. The summed E-state index contributed by atoms with van der Waals surface area (Å²) >= 11 is 0. The number of ether oxygens (including phenoxy) is 1. The van der Waals surface area contributed by atoms with Gasteiger partial charge in [-0.05, 0) is 51.0 Å². The highest BCUT2D eigenvalue weighted by molar-refractivity contribution is 5.69. The number of carboxylic acids is 1. The summed E-state index contributed by atoms with van der Waals surface area (Å²) in [6.07, 6.45) is 33.4. The van der Waals surface area contributed by atoms with Gasteiger partial charge in [0.15, 0.2) is 0 Å². The summed E-state index contributed by atoms with van der Waals surface area (Å²) in [5, 5.41) is 8.72. The second kappa shape index (κ2) is 28.0. The Kier molecular flexibility index (Phi) is 26.8. The van der Waals surface area contributed by atoms with E-state index in [1.54, 1.807) is 0 Å². The van der Waals surface area contributed by atoms with E-state index in [-0.39, 0.29) is 18.5 Å². The van der Waals surface area contributed by atoms with Gasteiger partial charge in [-0.3, -0.25) is 9.59 Å². The van der Waals surface area contributed by atoms with Crippen LogP contribution in [0.2, 0.25) is 0 Å². The zero-order chi connectivity index (χ0) is 26.5. The highest BCUT2D eigenvalue weighted by Gasteiger charge is 2.11. The molecule has 0 radical (unpaired) electrons. The predicted molar refractivity (Wildman–Crippen MR) is 153 cm³/mol. The van der Waals surface area contributed by atoms with Gasteiger partial charge in [-0.25, -0.2) is 0 Å². The van der Waals surface area contributed by atoms with E-state index in [2.05, 4.69) is 38.2 Å². The molecule has 0 aromatic rings. The average Bonchev–Trinajstić information content (AvgIpc) is 2.85. The van der Waals surface area contributed by atoms with Crippen LogP contribution < -0.4 is 0 Å². The first kappa shape index (κ1) is 34.4. The second-order valence-corrected chi connectivity index (χ2v) is 10.3. The van der Waals surface area contributed by atoms with Crippen LogP contribution in [0.1, 0.15) is 162 Å². The Hall–Kier alpha value is -1.58. The van der Waals surface area contributed by atoms with E-state index in [0.29, 0.717) is 6.42 Å². The van der Waals surface area contributed by atoms with Crippen LogP contribution in [0.15, 0.2) is 24.3 Å². The van der Waals surface area contributed by atoms with Gasteiger partial charge in [-0.2, -0.15) is 0 Å². The Labute approximate surface area is 223 Å². The third-order valence-electron chi connectivity index (χ3n) is 6.66. The highest BCUT2D eigenvalue weighted by atomic mass is 16.5. The molecule has 36 heavy (non-hydrogen) atoms. The fraction of sp³-hybridized carbons (Fsp3) is 0.812. The van der Waals surface area contributed by atoms with Gasteiger partial charge in [0.05, 0.1) is 0 Å². The molecular weight excluding hydrogens is 448 g/mol. The van der Waals surface area contributed by atoms with Crippen LogP contribution in [0.4, 0.5) is 0 Å². The number of hydrogen-bond donors (Lipinski definition) is 1. The van der Waals surface area contributed by atoms with Crippen molar-refractivity contribution in [2.24, 2.45) is 0 Å². The summed E-state index contributed by atoms with van der Waals surface area (Å²) in [4.78, 5) is 23.0. The molecule has 4 nitrogen and oxygen atoms in total. The molecule has 0 rings (SSSR count). The van der Waals surface area contributed by atoms with Crippen molar-refractivity contribution in [1.82, 2.24) is 0 Å². The largest absolute Gasteiger partial charge is 0.481 e. The molecule has 0 fully saturated rings.